The summed E-state index contributed by atoms with van der Waals surface area (Å²) in [4.78, 5) is 23.6. The number of methoxy groups -OCH3 is 2. The second-order valence-corrected chi connectivity index (χ2v) is 5.32. The number of anilines is 1. The molecule has 0 bridgehead atoms. The number of carbonyl (C=O) groups excluding carboxylic acids is 2. The molecule has 0 aromatic heterocycles. The van der Waals surface area contributed by atoms with Crippen molar-refractivity contribution in [3.05, 3.63) is 54.1 Å². The molecule has 0 saturated carbocycles. The summed E-state index contributed by atoms with van der Waals surface area (Å²) in [5.41, 5.74) is 3.75. The number of ether oxygens (including phenoxy) is 2. The highest BCUT2D eigenvalue weighted by molar-refractivity contribution is 5.93. The van der Waals surface area contributed by atoms with Gasteiger partial charge in [-0.2, -0.15) is 5.10 Å². The molecule has 26 heavy (non-hydrogen) atoms. The van der Waals surface area contributed by atoms with E-state index in [9.17, 15) is 9.59 Å². The van der Waals surface area contributed by atoms with E-state index in [1.54, 1.807) is 44.6 Å². The zero-order chi connectivity index (χ0) is 18.8. The van der Waals surface area contributed by atoms with Gasteiger partial charge in [0.25, 0.3) is 0 Å². The van der Waals surface area contributed by atoms with Gasteiger partial charge in [-0.1, -0.05) is 18.2 Å². The summed E-state index contributed by atoms with van der Waals surface area (Å²) in [5, 5.41) is 6.61. The smallest absolute Gasteiger partial charge is 0.240 e. The molecule has 2 amide bonds. The van der Waals surface area contributed by atoms with Crippen LogP contribution in [0.4, 0.5) is 5.69 Å². The van der Waals surface area contributed by atoms with Gasteiger partial charge in [-0.05, 0) is 30.3 Å². The summed E-state index contributed by atoms with van der Waals surface area (Å²) in [6.07, 6.45) is 1.56. The summed E-state index contributed by atoms with van der Waals surface area (Å²) < 4.78 is 10.4. The van der Waals surface area contributed by atoms with Crippen molar-refractivity contribution >= 4 is 23.7 Å². The standard InChI is InChI=1S/C19H21N3O4/c1-25-16-8-9-17(26-2)14(12-16)13-20-22-19(24)11-10-18(23)21-15-6-4-3-5-7-15/h3-9,12-13H,10-11H2,1-2H3,(H,21,23)(H,22,24)/b20-13+. The topological polar surface area (TPSA) is 89.0 Å². The third-order valence-corrected chi connectivity index (χ3v) is 3.47. The van der Waals surface area contributed by atoms with Gasteiger partial charge in [0.05, 0.1) is 20.4 Å². The van der Waals surface area contributed by atoms with Gasteiger partial charge < -0.3 is 14.8 Å². The normalized spacial score (nSPS) is 10.4. The molecular formula is C19H21N3O4. The average Bonchev–Trinajstić information content (AvgIpc) is 2.67. The highest BCUT2D eigenvalue weighted by atomic mass is 16.5. The van der Waals surface area contributed by atoms with E-state index in [1.165, 1.54) is 6.21 Å². The Balaban J connectivity index is 1.81. The van der Waals surface area contributed by atoms with Crippen molar-refractivity contribution in [3.63, 3.8) is 0 Å². The first-order chi connectivity index (χ1) is 12.6. The van der Waals surface area contributed by atoms with Gasteiger partial charge in [0.1, 0.15) is 11.5 Å². The van der Waals surface area contributed by atoms with Crippen LogP contribution in [0.3, 0.4) is 0 Å². The maximum absolute atomic E-state index is 11.8. The molecule has 0 heterocycles. The Labute approximate surface area is 152 Å². The van der Waals surface area contributed by atoms with E-state index in [2.05, 4.69) is 15.8 Å². The van der Waals surface area contributed by atoms with Crippen LogP contribution in [0.15, 0.2) is 53.6 Å². The summed E-state index contributed by atoms with van der Waals surface area (Å²) in [6, 6.07) is 14.3. The second-order valence-electron chi connectivity index (χ2n) is 5.32. The molecular weight excluding hydrogens is 334 g/mol. The number of nitrogens with zero attached hydrogens (tertiary/aromatic N) is 1. The Kier molecular flexibility index (Phi) is 7.17. The van der Waals surface area contributed by atoms with E-state index in [4.69, 9.17) is 9.47 Å². The fourth-order valence-corrected chi connectivity index (χ4v) is 2.14. The molecule has 0 unspecified atom stereocenters. The number of rotatable bonds is 8. The van der Waals surface area contributed by atoms with Crippen molar-refractivity contribution < 1.29 is 19.1 Å². The van der Waals surface area contributed by atoms with Gasteiger partial charge in [-0.15, -0.1) is 0 Å². The highest BCUT2D eigenvalue weighted by Crippen LogP contribution is 2.22. The van der Waals surface area contributed by atoms with Gasteiger partial charge in [0, 0.05) is 24.1 Å². The van der Waals surface area contributed by atoms with Crippen LogP contribution < -0.4 is 20.2 Å². The summed E-state index contributed by atoms with van der Waals surface area (Å²) in [5.74, 6) is 0.665. The molecule has 2 aromatic carbocycles. The molecule has 0 aliphatic rings. The van der Waals surface area contributed by atoms with Crippen LogP contribution in [0.2, 0.25) is 0 Å². The first kappa shape index (κ1) is 19.0. The Morgan fingerprint density at radius 1 is 1.00 bits per heavy atom. The van der Waals surface area contributed by atoms with Crippen molar-refractivity contribution in [2.24, 2.45) is 5.10 Å². The average molecular weight is 355 g/mol. The number of benzene rings is 2. The largest absolute Gasteiger partial charge is 0.497 e. The summed E-state index contributed by atoms with van der Waals surface area (Å²) in [7, 11) is 3.11. The Morgan fingerprint density at radius 2 is 1.73 bits per heavy atom. The first-order valence-electron chi connectivity index (χ1n) is 8.01. The number of para-hydroxylation sites is 1. The number of hydrogen-bond acceptors (Lipinski definition) is 5. The highest BCUT2D eigenvalue weighted by Gasteiger charge is 2.07. The van der Waals surface area contributed by atoms with Gasteiger partial charge >= 0.3 is 0 Å². The van der Waals surface area contributed by atoms with Crippen LogP contribution in [0.1, 0.15) is 18.4 Å². The van der Waals surface area contributed by atoms with Crippen molar-refractivity contribution in [2.45, 2.75) is 12.8 Å². The van der Waals surface area contributed by atoms with Crippen LogP contribution in [0.5, 0.6) is 11.5 Å². The maximum Gasteiger partial charge on any atom is 0.240 e. The quantitative estimate of drug-likeness (QED) is 0.563. The van der Waals surface area contributed by atoms with Gasteiger partial charge in [-0.3, -0.25) is 9.59 Å². The van der Waals surface area contributed by atoms with Crippen LogP contribution >= 0.6 is 0 Å². The van der Waals surface area contributed by atoms with Gasteiger partial charge in [-0.25, -0.2) is 5.43 Å². The lowest BCUT2D eigenvalue weighted by molar-refractivity contribution is -0.124. The van der Waals surface area contributed by atoms with E-state index in [0.29, 0.717) is 22.7 Å². The molecule has 2 N–H and O–H groups in total. The monoisotopic (exact) mass is 355 g/mol. The molecule has 136 valence electrons. The molecule has 2 aromatic rings. The summed E-state index contributed by atoms with van der Waals surface area (Å²) in [6.45, 7) is 0. The molecule has 0 radical (unpaired) electrons. The van der Waals surface area contributed by atoms with Crippen LogP contribution in [0, 0.1) is 0 Å². The molecule has 0 atom stereocenters. The molecule has 0 spiro atoms. The number of amides is 2. The second kappa shape index (κ2) is 9.83. The lowest BCUT2D eigenvalue weighted by Crippen LogP contribution is -2.20. The predicted octanol–water partition coefficient (Wildman–Crippen LogP) is 2.57. The molecule has 2 rings (SSSR count). The fraction of sp³-hybridized carbons (Fsp3) is 0.211. The van der Waals surface area contributed by atoms with E-state index in [0.717, 1.165) is 0 Å². The molecule has 0 saturated heterocycles. The first-order valence-corrected chi connectivity index (χ1v) is 8.01. The Bertz CT molecular complexity index is 776. The van der Waals surface area contributed by atoms with E-state index in [1.807, 2.05) is 18.2 Å². The van der Waals surface area contributed by atoms with Crippen LogP contribution in [0.25, 0.3) is 0 Å². The lowest BCUT2D eigenvalue weighted by atomic mass is 10.2. The summed E-state index contributed by atoms with van der Waals surface area (Å²) >= 11 is 0. The van der Waals surface area contributed by atoms with Gasteiger partial charge in [0.2, 0.25) is 11.8 Å². The van der Waals surface area contributed by atoms with Gasteiger partial charge in [0.15, 0.2) is 0 Å². The molecule has 0 aliphatic heterocycles. The van der Waals surface area contributed by atoms with E-state index >= 15 is 0 Å². The van der Waals surface area contributed by atoms with E-state index in [-0.39, 0.29) is 24.7 Å². The van der Waals surface area contributed by atoms with Crippen molar-refractivity contribution in [1.82, 2.24) is 5.43 Å². The third kappa shape index (κ3) is 5.94. The van der Waals surface area contributed by atoms with Crippen molar-refractivity contribution in [2.75, 3.05) is 19.5 Å². The van der Waals surface area contributed by atoms with Crippen LogP contribution in [-0.4, -0.2) is 32.2 Å². The minimum atomic E-state index is -0.355. The van der Waals surface area contributed by atoms with Crippen LogP contribution in [-0.2, 0) is 9.59 Å². The number of nitrogens with one attached hydrogen (secondary N) is 2. The molecule has 0 aliphatic carbocycles. The zero-order valence-corrected chi connectivity index (χ0v) is 14.7. The Morgan fingerprint density at radius 3 is 2.42 bits per heavy atom. The molecule has 7 nitrogen and oxygen atoms in total. The molecule has 0 fully saturated rings. The maximum atomic E-state index is 11.8. The molecule has 7 heteroatoms. The third-order valence-electron chi connectivity index (χ3n) is 3.47. The number of carbonyl (C=O) groups is 2. The fourth-order valence-electron chi connectivity index (χ4n) is 2.14. The predicted molar refractivity (Wildman–Crippen MR) is 99.6 cm³/mol. The number of hydrazone groups is 1. The van der Waals surface area contributed by atoms with E-state index < -0.39 is 0 Å². The lowest BCUT2D eigenvalue weighted by Gasteiger charge is -2.07. The van der Waals surface area contributed by atoms with Crippen molar-refractivity contribution in [3.8, 4) is 11.5 Å². The zero-order valence-electron chi connectivity index (χ0n) is 14.7. The minimum Gasteiger partial charge on any atom is -0.497 e. The van der Waals surface area contributed by atoms with Crippen molar-refractivity contribution in [1.29, 1.82) is 0 Å². The Hall–Kier alpha value is -3.35. The number of hydrogen-bond donors (Lipinski definition) is 2. The SMILES string of the molecule is COc1ccc(OC)c(/C=N/NC(=O)CCC(=O)Nc2ccccc2)c1. The minimum absolute atomic E-state index is 0.0330.